The van der Waals surface area contributed by atoms with Crippen molar-refractivity contribution >= 4 is 17.3 Å². The maximum atomic E-state index is 13.0. The molecule has 7 nitrogen and oxygen atoms in total. The van der Waals surface area contributed by atoms with Crippen LogP contribution in [0, 0.1) is 12.7 Å². The van der Waals surface area contributed by atoms with Crippen LogP contribution in [0.4, 0.5) is 15.9 Å². The Morgan fingerprint density at radius 3 is 2.69 bits per heavy atom. The molecule has 0 saturated carbocycles. The number of rotatable bonds is 4. The molecular formula is C18H15FN6O. The van der Waals surface area contributed by atoms with Crippen molar-refractivity contribution in [1.82, 2.24) is 24.1 Å². The van der Waals surface area contributed by atoms with Gasteiger partial charge < -0.3 is 5.32 Å². The molecule has 3 aromatic heterocycles. The third kappa shape index (κ3) is 3.04. The van der Waals surface area contributed by atoms with Gasteiger partial charge in [-0.15, -0.1) is 5.10 Å². The molecule has 0 spiro atoms. The zero-order valence-electron chi connectivity index (χ0n) is 13.9. The normalized spacial score (nSPS) is 11.0. The minimum atomic E-state index is -0.310. The molecule has 26 heavy (non-hydrogen) atoms. The van der Waals surface area contributed by atoms with Crippen molar-refractivity contribution in [2.45, 2.75) is 13.5 Å². The number of pyridine rings is 1. The van der Waals surface area contributed by atoms with Crippen LogP contribution in [0.15, 0.2) is 59.5 Å². The lowest BCUT2D eigenvalue weighted by molar-refractivity contribution is 0.628. The maximum Gasteiger partial charge on any atom is 0.352 e. The molecule has 0 aliphatic rings. The SMILES string of the molecule is Cc1cc(Nc2ccc(F)cc2)nc2nn(Cc3ccccn3)c(=O)n12. The van der Waals surface area contributed by atoms with E-state index < -0.39 is 0 Å². The summed E-state index contributed by atoms with van der Waals surface area (Å²) in [5, 5.41) is 7.39. The predicted octanol–water partition coefficient (Wildman–Crippen LogP) is 2.53. The molecule has 0 radical (unpaired) electrons. The standard InChI is InChI=1S/C18H15FN6O/c1-12-10-16(21-14-7-5-13(19)6-8-14)22-17-23-24(18(26)25(12)17)11-15-4-2-3-9-20-15/h2-10H,11H2,1H3,(H,21,22,23). The molecule has 130 valence electrons. The van der Waals surface area contributed by atoms with Crippen molar-refractivity contribution in [3.63, 3.8) is 0 Å². The monoisotopic (exact) mass is 350 g/mol. The Hall–Kier alpha value is -3.55. The summed E-state index contributed by atoms with van der Waals surface area (Å²) in [5.74, 6) is 0.502. The largest absolute Gasteiger partial charge is 0.352 e. The lowest BCUT2D eigenvalue weighted by Gasteiger charge is -2.06. The van der Waals surface area contributed by atoms with Gasteiger partial charge in [-0.2, -0.15) is 4.98 Å². The van der Waals surface area contributed by atoms with Gasteiger partial charge in [-0.25, -0.2) is 18.3 Å². The summed E-state index contributed by atoms with van der Waals surface area (Å²) in [6.45, 7) is 2.07. The molecule has 4 rings (SSSR count). The van der Waals surface area contributed by atoms with E-state index in [0.717, 1.165) is 5.69 Å². The number of nitrogens with one attached hydrogen (secondary N) is 1. The van der Waals surface area contributed by atoms with E-state index in [1.54, 1.807) is 31.3 Å². The van der Waals surface area contributed by atoms with Crippen molar-refractivity contribution in [3.8, 4) is 0 Å². The van der Waals surface area contributed by atoms with Gasteiger partial charge in [0.25, 0.3) is 5.78 Å². The molecule has 0 aliphatic heterocycles. The van der Waals surface area contributed by atoms with Gasteiger partial charge in [-0.3, -0.25) is 4.98 Å². The highest BCUT2D eigenvalue weighted by atomic mass is 19.1. The van der Waals surface area contributed by atoms with E-state index >= 15 is 0 Å². The van der Waals surface area contributed by atoms with Crippen LogP contribution in [0.1, 0.15) is 11.4 Å². The maximum absolute atomic E-state index is 13.0. The van der Waals surface area contributed by atoms with Gasteiger partial charge >= 0.3 is 5.69 Å². The van der Waals surface area contributed by atoms with Crippen LogP contribution >= 0.6 is 0 Å². The van der Waals surface area contributed by atoms with Crippen molar-refractivity contribution in [1.29, 1.82) is 0 Å². The predicted molar refractivity (Wildman–Crippen MR) is 95.0 cm³/mol. The molecule has 0 unspecified atom stereocenters. The van der Waals surface area contributed by atoms with E-state index in [0.29, 0.717) is 17.2 Å². The quantitative estimate of drug-likeness (QED) is 0.612. The first kappa shape index (κ1) is 15.9. The van der Waals surface area contributed by atoms with Crippen LogP contribution < -0.4 is 11.0 Å². The summed E-state index contributed by atoms with van der Waals surface area (Å²) < 4.78 is 15.8. The van der Waals surface area contributed by atoms with Crippen molar-refractivity contribution in [3.05, 3.63) is 82.4 Å². The van der Waals surface area contributed by atoms with E-state index in [2.05, 4.69) is 20.4 Å². The van der Waals surface area contributed by atoms with Crippen LogP contribution in [-0.2, 0) is 6.54 Å². The van der Waals surface area contributed by atoms with Gasteiger partial charge in [-0.1, -0.05) is 6.07 Å². The second-order valence-electron chi connectivity index (χ2n) is 5.81. The van der Waals surface area contributed by atoms with Crippen LogP contribution in [0.5, 0.6) is 0 Å². The second kappa shape index (κ2) is 6.40. The van der Waals surface area contributed by atoms with E-state index in [9.17, 15) is 9.18 Å². The summed E-state index contributed by atoms with van der Waals surface area (Å²) in [6.07, 6.45) is 1.67. The highest BCUT2D eigenvalue weighted by Crippen LogP contribution is 2.16. The number of benzene rings is 1. The van der Waals surface area contributed by atoms with Crippen LogP contribution in [0.2, 0.25) is 0 Å². The number of nitrogens with zero attached hydrogens (tertiary/aromatic N) is 5. The topological polar surface area (TPSA) is 77.1 Å². The third-order valence-corrected chi connectivity index (χ3v) is 3.90. The van der Waals surface area contributed by atoms with Crippen LogP contribution in [0.25, 0.3) is 5.78 Å². The first-order valence-corrected chi connectivity index (χ1v) is 8.00. The number of halogens is 1. The molecule has 0 bridgehead atoms. The molecule has 3 heterocycles. The minimum absolute atomic E-state index is 0.267. The minimum Gasteiger partial charge on any atom is -0.340 e. The summed E-state index contributed by atoms with van der Waals surface area (Å²) in [6, 6.07) is 13.2. The van der Waals surface area contributed by atoms with Crippen molar-refractivity contribution in [2.24, 2.45) is 0 Å². The van der Waals surface area contributed by atoms with Crippen LogP contribution in [0.3, 0.4) is 0 Å². The zero-order chi connectivity index (χ0) is 18.1. The van der Waals surface area contributed by atoms with Gasteiger partial charge in [0.15, 0.2) is 0 Å². The molecule has 0 saturated heterocycles. The Kier molecular flexibility index (Phi) is 3.92. The molecule has 0 amide bonds. The van der Waals surface area contributed by atoms with E-state index in [4.69, 9.17) is 0 Å². The van der Waals surface area contributed by atoms with E-state index in [1.807, 2.05) is 18.2 Å². The fourth-order valence-electron chi connectivity index (χ4n) is 2.67. The number of aryl methyl sites for hydroxylation is 1. The first-order valence-electron chi connectivity index (χ1n) is 8.00. The second-order valence-corrected chi connectivity index (χ2v) is 5.81. The fourth-order valence-corrected chi connectivity index (χ4v) is 2.67. The molecule has 0 atom stereocenters. The Balaban J connectivity index is 1.70. The summed E-state index contributed by atoms with van der Waals surface area (Å²) >= 11 is 0. The van der Waals surface area contributed by atoms with Gasteiger partial charge in [0.2, 0.25) is 0 Å². The smallest absolute Gasteiger partial charge is 0.340 e. The number of hydrogen-bond donors (Lipinski definition) is 1. The van der Waals surface area contributed by atoms with E-state index in [-0.39, 0.29) is 23.8 Å². The highest BCUT2D eigenvalue weighted by molar-refractivity contribution is 5.57. The number of aromatic nitrogens is 5. The van der Waals surface area contributed by atoms with Gasteiger partial charge in [-0.05, 0) is 43.3 Å². The fraction of sp³-hybridized carbons (Fsp3) is 0.111. The van der Waals surface area contributed by atoms with Gasteiger partial charge in [0, 0.05) is 23.6 Å². The molecular weight excluding hydrogens is 335 g/mol. The lowest BCUT2D eigenvalue weighted by atomic mass is 10.3. The lowest BCUT2D eigenvalue weighted by Crippen LogP contribution is -2.23. The zero-order valence-corrected chi connectivity index (χ0v) is 13.9. The van der Waals surface area contributed by atoms with Crippen molar-refractivity contribution in [2.75, 3.05) is 5.32 Å². The Labute approximate surface area is 147 Å². The molecule has 8 heteroatoms. The third-order valence-electron chi connectivity index (χ3n) is 3.90. The number of anilines is 2. The number of fused-ring (bicyclic) bond motifs is 1. The highest BCUT2D eigenvalue weighted by Gasteiger charge is 2.12. The Morgan fingerprint density at radius 2 is 1.96 bits per heavy atom. The Bertz CT molecular complexity index is 1120. The molecule has 0 aliphatic carbocycles. The molecule has 1 aromatic carbocycles. The van der Waals surface area contributed by atoms with Gasteiger partial charge in [0.05, 0.1) is 12.2 Å². The molecule has 4 aromatic rings. The molecule has 1 N–H and O–H groups in total. The molecule has 0 fully saturated rings. The summed E-state index contributed by atoms with van der Waals surface area (Å²) in [4.78, 5) is 21.2. The van der Waals surface area contributed by atoms with E-state index in [1.165, 1.54) is 21.2 Å². The summed E-state index contributed by atoms with van der Waals surface area (Å²) in [5.41, 5.74) is 1.85. The van der Waals surface area contributed by atoms with Gasteiger partial charge in [0.1, 0.15) is 11.6 Å². The average molecular weight is 350 g/mol. The number of hydrogen-bond acceptors (Lipinski definition) is 5. The first-order chi connectivity index (χ1) is 12.6. The average Bonchev–Trinajstić information content (AvgIpc) is 2.94. The van der Waals surface area contributed by atoms with Crippen molar-refractivity contribution < 1.29 is 4.39 Å². The Morgan fingerprint density at radius 1 is 1.15 bits per heavy atom. The van der Waals surface area contributed by atoms with Crippen LogP contribution in [-0.4, -0.2) is 24.1 Å². The summed E-state index contributed by atoms with van der Waals surface area (Å²) in [7, 11) is 0.